The minimum Gasteiger partial charge on any atom is -0.489 e. The molecule has 178 valence electrons. The highest BCUT2D eigenvalue weighted by molar-refractivity contribution is 9.10. The van der Waals surface area contributed by atoms with E-state index in [1.807, 2.05) is 6.07 Å². The summed E-state index contributed by atoms with van der Waals surface area (Å²) < 4.78 is 6.35. The molecule has 0 bridgehead atoms. The molecule has 0 aliphatic heterocycles. The van der Waals surface area contributed by atoms with Crippen LogP contribution in [0.25, 0.3) is 0 Å². The van der Waals surface area contributed by atoms with Gasteiger partial charge in [0, 0.05) is 16.1 Å². The number of rotatable bonds is 8. The van der Waals surface area contributed by atoms with Gasteiger partial charge in [0.1, 0.15) is 12.4 Å². The van der Waals surface area contributed by atoms with E-state index in [1.54, 1.807) is 42.5 Å². The van der Waals surface area contributed by atoms with Crippen LogP contribution in [0.5, 0.6) is 5.75 Å². The van der Waals surface area contributed by atoms with Crippen molar-refractivity contribution in [1.82, 2.24) is 10.7 Å². The monoisotopic (exact) mass is 526 g/mol. The zero-order valence-electron chi connectivity index (χ0n) is 18.7. The third-order valence-corrected chi connectivity index (χ3v) is 5.76. The largest absolute Gasteiger partial charge is 0.489 e. The summed E-state index contributed by atoms with van der Waals surface area (Å²) in [4.78, 5) is 37.4. The molecule has 0 heterocycles. The van der Waals surface area contributed by atoms with Crippen LogP contribution in [-0.2, 0) is 9.59 Å². The molecule has 3 N–H and O–H groups in total. The number of para-hydroxylation sites is 1. The molecule has 0 aromatic heterocycles. The predicted molar refractivity (Wildman–Crippen MR) is 135 cm³/mol. The van der Waals surface area contributed by atoms with Crippen molar-refractivity contribution in [1.29, 1.82) is 0 Å². The molecule has 1 aliphatic rings. The van der Waals surface area contributed by atoms with Gasteiger partial charge in [-0.25, -0.2) is 5.43 Å². The third kappa shape index (κ3) is 7.28. The second-order valence-electron chi connectivity index (χ2n) is 7.79. The van der Waals surface area contributed by atoms with E-state index >= 15 is 0 Å². The van der Waals surface area contributed by atoms with Crippen molar-refractivity contribution in [2.24, 2.45) is 5.10 Å². The second kappa shape index (κ2) is 12.7. The zero-order chi connectivity index (χ0) is 24.3. The van der Waals surface area contributed by atoms with E-state index in [-0.39, 0.29) is 17.6 Å². The lowest BCUT2D eigenvalue weighted by Gasteiger charge is -2.23. The van der Waals surface area contributed by atoms with Gasteiger partial charge in [0.2, 0.25) is 0 Å². The number of hydrogen-bond acceptors (Lipinski definition) is 5. The van der Waals surface area contributed by atoms with E-state index in [2.05, 4.69) is 43.7 Å². The average Bonchev–Trinajstić information content (AvgIpc) is 2.84. The van der Waals surface area contributed by atoms with Crippen molar-refractivity contribution in [3.8, 4) is 5.75 Å². The summed E-state index contributed by atoms with van der Waals surface area (Å²) in [6.45, 7) is 3.92. The molecule has 0 unspecified atom stereocenters. The lowest BCUT2D eigenvalue weighted by Crippen LogP contribution is -2.37. The van der Waals surface area contributed by atoms with Crippen LogP contribution in [0, 0.1) is 0 Å². The molecule has 3 rings (SSSR count). The Morgan fingerprint density at radius 1 is 1.09 bits per heavy atom. The molecular weight excluding hydrogens is 500 g/mol. The first kappa shape index (κ1) is 25.2. The van der Waals surface area contributed by atoms with Crippen LogP contribution in [0.4, 0.5) is 5.69 Å². The van der Waals surface area contributed by atoms with Crippen molar-refractivity contribution in [2.45, 2.75) is 38.1 Å². The highest BCUT2D eigenvalue weighted by Crippen LogP contribution is 2.22. The van der Waals surface area contributed by atoms with Crippen LogP contribution in [0.3, 0.4) is 0 Å². The van der Waals surface area contributed by atoms with Gasteiger partial charge in [-0.15, -0.1) is 0 Å². The Morgan fingerprint density at radius 2 is 1.85 bits per heavy atom. The molecule has 1 aliphatic carbocycles. The number of ether oxygens (including phenoxy) is 1. The maximum Gasteiger partial charge on any atom is 0.329 e. The minimum absolute atomic E-state index is 0.126. The van der Waals surface area contributed by atoms with Gasteiger partial charge in [0.05, 0.1) is 17.5 Å². The molecule has 2 aromatic rings. The van der Waals surface area contributed by atoms with Crippen LogP contribution >= 0.6 is 15.9 Å². The highest BCUT2D eigenvalue weighted by atomic mass is 79.9. The van der Waals surface area contributed by atoms with Gasteiger partial charge in [-0.05, 0) is 43.2 Å². The van der Waals surface area contributed by atoms with Crippen molar-refractivity contribution in [3.63, 3.8) is 0 Å². The summed E-state index contributed by atoms with van der Waals surface area (Å²) >= 11 is 3.37. The lowest BCUT2D eigenvalue weighted by atomic mass is 9.95. The van der Waals surface area contributed by atoms with E-state index in [9.17, 15) is 14.4 Å². The SMILES string of the molecule is C=CCOc1ccc(Br)cc1/C=N/NC(=O)C(=O)Nc1ccccc1C(=O)NC1CCCCC1. The molecule has 0 radical (unpaired) electrons. The van der Waals surface area contributed by atoms with Crippen molar-refractivity contribution < 1.29 is 19.1 Å². The first-order valence-corrected chi connectivity index (χ1v) is 11.8. The van der Waals surface area contributed by atoms with Crippen LogP contribution in [0.1, 0.15) is 48.0 Å². The van der Waals surface area contributed by atoms with E-state index in [0.29, 0.717) is 23.5 Å². The molecule has 0 atom stereocenters. The molecule has 3 amide bonds. The summed E-state index contributed by atoms with van der Waals surface area (Å²) in [6.07, 6.45) is 8.24. The fraction of sp³-hybridized carbons (Fsp3) is 0.280. The summed E-state index contributed by atoms with van der Waals surface area (Å²) in [5, 5.41) is 9.37. The van der Waals surface area contributed by atoms with E-state index in [4.69, 9.17) is 4.74 Å². The third-order valence-electron chi connectivity index (χ3n) is 5.26. The molecule has 34 heavy (non-hydrogen) atoms. The van der Waals surface area contributed by atoms with Gasteiger partial charge < -0.3 is 15.4 Å². The van der Waals surface area contributed by atoms with Gasteiger partial charge in [0.15, 0.2) is 0 Å². The Hall–Kier alpha value is -3.46. The minimum atomic E-state index is -0.970. The number of hydrazone groups is 1. The molecule has 0 spiro atoms. The van der Waals surface area contributed by atoms with Crippen LogP contribution in [0.2, 0.25) is 0 Å². The van der Waals surface area contributed by atoms with Gasteiger partial charge in [-0.3, -0.25) is 14.4 Å². The number of nitrogens with zero attached hydrogens (tertiary/aromatic N) is 1. The lowest BCUT2D eigenvalue weighted by molar-refractivity contribution is -0.136. The van der Waals surface area contributed by atoms with Crippen LogP contribution in [0.15, 0.2) is 64.7 Å². The number of hydrogen-bond donors (Lipinski definition) is 3. The highest BCUT2D eigenvalue weighted by Gasteiger charge is 2.20. The molecule has 1 fully saturated rings. The standard InChI is InChI=1S/C25H27BrN4O4/c1-2-14-34-22-13-12-18(26)15-17(22)16-27-30-25(33)24(32)29-21-11-7-6-10-20(21)23(31)28-19-8-4-3-5-9-19/h2,6-7,10-13,15-16,19H,1,3-5,8-9,14H2,(H,28,31)(H,29,32)(H,30,33)/b27-16+. The van der Waals surface area contributed by atoms with E-state index in [0.717, 1.165) is 30.2 Å². The van der Waals surface area contributed by atoms with Gasteiger partial charge in [0.25, 0.3) is 5.91 Å². The topological polar surface area (TPSA) is 109 Å². The molecule has 8 nitrogen and oxygen atoms in total. The second-order valence-corrected chi connectivity index (χ2v) is 8.70. The van der Waals surface area contributed by atoms with Gasteiger partial charge in [-0.1, -0.05) is 60.0 Å². The number of anilines is 1. The average molecular weight is 527 g/mol. The Labute approximate surface area is 207 Å². The summed E-state index contributed by atoms with van der Waals surface area (Å²) in [5.41, 5.74) is 3.35. The molecule has 9 heteroatoms. The van der Waals surface area contributed by atoms with Crippen molar-refractivity contribution in [2.75, 3.05) is 11.9 Å². The number of amides is 3. The van der Waals surface area contributed by atoms with E-state index in [1.165, 1.54) is 12.6 Å². The quantitative estimate of drug-likeness (QED) is 0.207. The fourth-order valence-corrected chi connectivity index (χ4v) is 3.97. The Bertz CT molecular complexity index is 1080. The predicted octanol–water partition coefficient (Wildman–Crippen LogP) is 4.17. The molecule has 0 saturated heterocycles. The fourth-order valence-electron chi connectivity index (χ4n) is 3.59. The van der Waals surface area contributed by atoms with Crippen molar-refractivity contribution in [3.05, 3.63) is 70.7 Å². The molecule has 2 aromatic carbocycles. The number of halogens is 1. The Morgan fingerprint density at radius 3 is 2.62 bits per heavy atom. The van der Waals surface area contributed by atoms with Gasteiger partial charge in [-0.2, -0.15) is 5.10 Å². The maximum absolute atomic E-state index is 12.7. The summed E-state index contributed by atoms with van der Waals surface area (Å²) in [5.74, 6) is -1.64. The van der Waals surface area contributed by atoms with Gasteiger partial charge >= 0.3 is 11.8 Å². The summed E-state index contributed by atoms with van der Waals surface area (Å²) in [7, 11) is 0. The number of carbonyl (C=O) groups is 3. The van der Waals surface area contributed by atoms with Crippen LogP contribution in [-0.4, -0.2) is 36.6 Å². The number of nitrogens with one attached hydrogen (secondary N) is 3. The normalized spacial score (nSPS) is 13.8. The zero-order valence-corrected chi connectivity index (χ0v) is 20.3. The number of benzene rings is 2. The first-order valence-electron chi connectivity index (χ1n) is 11.1. The smallest absolute Gasteiger partial charge is 0.329 e. The Kier molecular flexibility index (Phi) is 9.40. The van der Waals surface area contributed by atoms with E-state index < -0.39 is 11.8 Å². The van der Waals surface area contributed by atoms with Crippen LogP contribution < -0.4 is 20.8 Å². The van der Waals surface area contributed by atoms with Crippen molar-refractivity contribution >= 4 is 45.6 Å². The summed E-state index contributed by atoms with van der Waals surface area (Å²) in [6, 6.07) is 12.0. The molecular formula is C25H27BrN4O4. The Balaban J connectivity index is 1.61. The molecule has 1 saturated carbocycles. The number of carbonyl (C=O) groups excluding carboxylic acids is 3. The maximum atomic E-state index is 12.7. The first-order chi connectivity index (χ1) is 16.5.